The van der Waals surface area contributed by atoms with Gasteiger partial charge in [-0.3, -0.25) is 0 Å². The summed E-state index contributed by atoms with van der Waals surface area (Å²) in [5, 5.41) is 0. The molecule has 0 N–H and O–H groups in total. The topological polar surface area (TPSA) is 52.6 Å². The number of benzene rings is 1. The van der Waals surface area contributed by atoms with Crippen LogP contribution in [0.2, 0.25) is 0 Å². The summed E-state index contributed by atoms with van der Waals surface area (Å²) in [5.74, 6) is -0.842. The molecule has 0 amide bonds. The normalized spacial score (nSPS) is 10.9. The van der Waals surface area contributed by atoms with Crippen LogP contribution in [0.1, 0.15) is 22.8 Å². The van der Waals surface area contributed by atoms with Gasteiger partial charge in [0.1, 0.15) is 5.76 Å². The maximum Gasteiger partial charge on any atom is 0.343 e. The molecule has 0 aliphatic rings. The van der Waals surface area contributed by atoms with Crippen molar-refractivity contribution in [2.75, 3.05) is 7.11 Å². The molecule has 1 aromatic carbocycles. The Hall–Kier alpha value is -2.10. The molecular weight excluding hydrogens is 220 g/mol. The van der Waals surface area contributed by atoms with Crippen LogP contribution in [0.4, 0.5) is 0 Å². The van der Waals surface area contributed by atoms with Gasteiger partial charge in [-0.15, -0.1) is 0 Å². The van der Waals surface area contributed by atoms with Gasteiger partial charge in [0.05, 0.1) is 18.7 Å². The van der Waals surface area contributed by atoms with E-state index in [-0.39, 0.29) is 5.76 Å². The van der Waals surface area contributed by atoms with Crippen LogP contribution < -0.4 is 0 Å². The third-order valence-corrected chi connectivity index (χ3v) is 2.14. The molecule has 0 aliphatic carbocycles. The minimum absolute atomic E-state index is 0.199. The average molecular weight is 234 g/mol. The van der Waals surface area contributed by atoms with Crippen molar-refractivity contribution in [3.8, 4) is 0 Å². The van der Waals surface area contributed by atoms with E-state index in [0.717, 1.165) is 11.6 Å². The molecular formula is C13H14O4. The van der Waals surface area contributed by atoms with Crippen LogP contribution in [0.3, 0.4) is 0 Å². The van der Waals surface area contributed by atoms with Gasteiger partial charge >= 0.3 is 11.9 Å². The van der Waals surface area contributed by atoms with Gasteiger partial charge in [-0.2, -0.15) is 0 Å². The van der Waals surface area contributed by atoms with Gasteiger partial charge in [0, 0.05) is 0 Å². The maximum atomic E-state index is 11.7. The smallest absolute Gasteiger partial charge is 0.343 e. The minimum Gasteiger partial charge on any atom is -0.466 e. The second-order valence-corrected chi connectivity index (χ2v) is 3.48. The van der Waals surface area contributed by atoms with E-state index < -0.39 is 11.9 Å². The summed E-state index contributed by atoms with van der Waals surface area (Å²) in [4.78, 5) is 22.6. The fourth-order valence-corrected chi connectivity index (χ4v) is 1.26. The Labute approximate surface area is 99.8 Å². The molecule has 0 aromatic heterocycles. The molecule has 0 unspecified atom stereocenters. The van der Waals surface area contributed by atoms with E-state index in [2.05, 4.69) is 4.74 Å². The van der Waals surface area contributed by atoms with Crippen LogP contribution in [-0.2, 0) is 14.3 Å². The SMILES string of the molecule is COC(=O)/C=C(/C)OC(=O)c1ccccc1C. The first-order valence-corrected chi connectivity index (χ1v) is 5.08. The van der Waals surface area contributed by atoms with Gasteiger partial charge in [-0.25, -0.2) is 9.59 Å². The van der Waals surface area contributed by atoms with Crippen molar-refractivity contribution < 1.29 is 19.1 Å². The largest absolute Gasteiger partial charge is 0.466 e. The summed E-state index contributed by atoms with van der Waals surface area (Å²) < 4.78 is 9.44. The lowest BCUT2D eigenvalue weighted by Gasteiger charge is -2.06. The van der Waals surface area contributed by atoms with E-state index in [9.17, 15) is 9.59 Å². The molecule has 0 heterocycles. The highest BCUT2D eigenvalue weighted by molar-refractivity contribution is 5.92. The van der Waals surface area contributed by atoms with Crippen molar-refractivity contribution in [3.05, 3.63) is 47.2 Å². The van der Waals surface area contributed by atoms with Crippen molar-refractivity contribution in [1.29, 1.82) is 0 Å². The number of hydrogen-bond donors (Lipinski definition) is 0. The summed E-state index contributed by atoms with van der Waals surface area (Å²) in [7, 11) is 1.26. The van der Waals surface area contributed by atoms with E-state index >= 15 is 0 Å². The third-order valence-electron chi connectivity index (χ3n) is 2.14. The number of rotatable bonds is 3. The van der Waals surface area contributed by atoms with Gasteiger partial charge in [-0.05, 0) is 25.5 Å². The second kappa shape index (κ2) is 5.84. The predicted octanol–water partition coefficient (Wildman–Crippen LogP) is 2.23. The zero-order valence-electron chi connectivity index (χ0n) is 10.0. The van der Waals surface area contributed by atoms with Crippen LogP contribution >= 0.6 is 0 Å². The van der Waals surface area contributed by atoms with Crippen LogP contribution in [0.15, 0.2) is 36.1 Å². The predicted molar refractivity (Wildman–Crippen MR) is 62.4 cm³/mol. The summed E-state index contributed by atoms with van der Waals surface area (Å²) >= 11 is 0. The first-order valence-electron chi connectivity index (χ1n) is 5.08. The highest BCUT2D eigenvalue weighted by Crippen LogP contribution is 2.10. The lowest BCUT2D eigenvalue weighted by Crippen LogP contribution is -2.07. The molecule has 1 rings (SSSR count). The molecule has 0 radical (unpaired) electrons. The zero-order valence-corrected chi connectivity index (χ0v) is 10.0. The molecule has 17 heavy (non-hydrogen) atoms. The highest BCUT2D eigenvalue weighted by atomic mass is 16.5. The first-order chi connectivity index (χ1) is 8.04. The summed E-state index contributed by atoms with van der Waals surface area (Å²) in [5.41, 5.74) is 1.30. The Morgan fingerprint density at radius 2 is 1.88 bits per heavy atom. The van der Waals surface area contributed by atoms with E-state index in [0.29, 0.717) is 5.56 Å². The van der Waals surface area contributed by atoms with Crippen molar-refractivity contribution in [2.45, 2.75) is 13.8 Å². The second-order valence-electron chi connectivity index (χ2n) is 3.48. The zero-order chi connectivity index (χ0) is 12.8. The molecule has 0 saturated heterocycles. The molecule has 90 valence electrons. The number of ether oxygens (including phenoxy) is 2. The molecule has 0 fully saturated rings. The van der Waals surface area contributed by atoms with Crippen LogP contribution in [-0.4, -0.2) is 19.0 Å². The lowest BCUT2D eigenvalue weighted by molar-refractivity contribution is -0.135. The van der Waals surface area contributed by atoms with Crippen LogP contribution in [0.25, 0.3) is 0 Å². The van der Waals surface area contributed by atoms with E-state index in [1.54, 1.807) is 12.1 Å². The Bertz CT molecular complexity index is 460. The standard InChI is InChI=1S/C13H14O4/c1-9-6-4-5-7-11(9)13(15)17-10(2)8-12(14)16-3/h4-8H,1-3H3/b10-8-. The fraction of sp³-hybridized carbons (Fsp3) is 0.231. The van der Waals surface area contributed by atoms with Crippen molar-refractivity contribution in [3.63, 3.8) is 0 Å². The highest BCUT2D eigenvalue weighted by Gasteiger charge is 2.11. The average Bonchev–Trinajstić information content (AvgIpc) is 2.29. The fourth-order valence-electron chi connectivity index (χ4n) is 1.26. The Morgan fingerprint density at radius 1 is 1.24 bits per heavy atom. The van der Waals surface area contributed by atoms with E-state index in [1.807, 2.05) is 19.1 Å². The number of aryl methyl sites for hydroxylation is 1. The minimum atomic E-state index is -0.555. The molecule has 0 aliphatic heterocycles. The van der Waals surface area contributed by atoms with Gasteiger partial charge in [0.2, 0.25) is 0 Å². The Balaban J connectivity index is 2.77. The molecule has 0 spiro atoms. The summed E-state index contributed by atoms with van der Waals surface area (Å²) in [6, 6.07) is 7.07. The molecule has 4 nitrogen and oxygen atoms in total. The van der Waals surface area contributed by atoms with Gasteiger partial charge in [0.25, 0.3) is 0 Å². The van der Waals surface area contributed by atoms with Crippen LogP contribution in [0.5, 0.6) is 0 Å². The quantitative estimate of drug-likeness (QED) is 0.457. The molecule has 0 atom stereocenters. The number of esters is 2. The lowest BCUT2D eigenvalue weighted by atomic mass is 10.1. The maximum absolute atomic E-state index is 11.7. The first kappa shape index (κ1) is 13.0. The number of carbonyl (C=O) groups is 2. The molecule has 4 heteroatoms. The monoisotopic (exact) mass is 234 g/mol. The van der Waals surface area contributed by atoms with Crippen molar-refractivity contribution >= 4 is 11.9 Å². The number of methoxy groups -OCH3 is 1. The van der Waals surface area contributed by atoms with Gasteiger partial charge < -0.3 is 9.47 Å². The molecule has 0 bridgehead atoms. The molecule has 1 aromatic rings. The number of allylic oxidation sites excluding steroid dienone is 1. The van der Waals surface area contributed by atoms with Crippen LogP contribution in [0, 0.1) is 6.92 Å². The summed E-state index contributed by atoms with van der Waals surface area (Å²) in [6.45, 7) is 3.34. The summed E-state index contributed by atoms with van der Waals surface area (Å²) in [6.07, 6.45) is 1.12. The van der Waals surface area contributed by atoms with Gasteiger partial charge in [-0.1, -0.05) is 18.2 Å². The van der Waals surface area contributed by atoms with Crippen molar-refractivity contribution in [1.82, 2.24) is 0 Å². The Kier molecular flexibility index (Phi) is 4.46. The molecule has 0 saturated carbocycles. The van der Waals surface area contributed by atoms with Gasteiger partial charge in [0.15, 0.2) is 0 Å². The van der Waals surface area contributed by atoms with Crippen molar-refractivity contribution in [2.24, 2.45) is 0 Å². The van der Waals surface area contributed by atoms with E-state index in [1.165, 1.54) is 14.0 Å². The third kappa shape index (κ3) is 3.75. The number of carbonyl (C=O) groups excluding carboxylic acids is 2. The Morgan fingerprint density at radius 3 is 2.47 bits per heavy atom. The van der Waals surface area contributed by atoms with E-state index in [4.69, 9.17) is 4.74 Å². The number of hydrogen-bond acceptors (Lipinski definition) is 4.